The molecular weight excluding hydrogens is 161 g/mol. The molecule has 0 saturated carbocycles. The van der Waals surface area contributed by atoms with E-state index in [2.05, 4.69) is 0 Å². The molecular formula is C8H18FNO2. The maximum absolute atomic E-state index is 11.7. The third-order valence-electron chi connectivity index (χ3n) is 1.49. The summed E-state index contributed by atoms with van der Waals surface area (Å²) in [6.07, 6.45) is 0.598. The first-order valence-electron chi connectivity index (χ1n) is 4.12. The highest BCUT2D eigenvalue weighted by Crippen LogP contribution is 1.88. The molecule has 0 aromatic rings. The van der Waals surface area contributed by atoms with Crippen LogP contribution < -0.4 is 0 Å². The molecule has 0 aliphatic heterocycles. The monoisotopic (exact) mass is 179 g/mol. The molecule has 4 heteroatoms. The predicted molar refractivity (Wildman–Crippen MR) is 45.9 cm³/mol. The van der Waals surface area contributed by atoms with Crippen molar-refractivity contribution in [3.63, 3.8) is 0 Å². The molecule has 0 rings (SSSR count). The maximum atomic E-state index is 11.7. The normalized spacial score (nSPS) is 11.0. The number of halogens is 1. The fraction of sp³-hybridized carbons (Fsp3) is 1.00. The van der Waals surface area contributed by atoms with Gasteiger partial charge in [0.25, 0.3) is 0 Å². The van der Waals surface area contributed by atoms with E-state index in [-0.39, 0.29) is 6.67 Å². The van der Waals surface area contributed by atoms with Gasteiger partial charge >= 0.3 is 0 Å². The van der Waals surface area contributed by atoms with Crippen LogP contribution in [0.5, 0.6) is 0 Å². The summed E-state index contributed by atoms with van der Waals surface area (Å²) < 4.78 is 21.5. The van der Waals surface area contributed by atoms with Crippen LogP contribution >= 0.6 is 0 Å². The number of nitrogens with zero attached hydrogens (tertiary/aromatic N) is 1. The minimum absolute atomic E-state index is 0.247. The predicted octanol–water partition coefficient (Wildman–Crippen LogP) is 0.898. The van der Waals surface area contributed by atoms with Crippen LogP contribution in [0, 0.1) is 0 Å². The topological polar surface area (TPSA) is 21.7 Å². The highest BCUT2D eigenvalue weighted by atomic mass is 19.1. The molecule has 0 fully saturated rings. The van der Waals surface area contributed by atoms with Crippen LogP contribution in [0.25, 0.3) is 0 Å². The number of alkyl halides is 1. The zero-order valence-electron chi connectivity index (χ0n) is 7.88. The Bertz CT molecular complexity index is 93.1. The van der Waals surface area contributed by atoms with Crippen LogP contribution in [0.2, 0.25) is 0 Å². The fourth-order valence-electron chi connectivity index (χ4n) is 0.804. The van der Waals surface area contributed by atoms with E-state index in [1.807, 2.05) is 11.9 Å². The minimum Gasteiger partial charge on any atom is -0.359 e. The molecule has 0 amide bonds. The van der Waals surface area contributed by atoms with Crippen molar-refractivity contribution in [3.8, 4) is 0 Å². The first-order valence-corrected chi connectivity index (χ1v) is 4.12. The molecule has 0 bridgehead atoms. The van der Waals surface area contributed by atoms with E-state index in [0.717, 1.165) is 13.1 Å². The summed E-state index contributed by atoms with van der Waals surface area (Å²) in [6.45, 7) is 2.33. The lowest BCUT2D eigenvalue weighted by Crippen LogP contribution is -2.24. The van der Waals surface area contributed by atoms with Crippen LogP contribution in [-0.2, 0) is 9.47 Å². The Morgan fingerprint density at radius 2 is 2.08 bits per heavy atom. The van der Waals surface area contributed by atoms with Gasteiger partial charge in [0.2, 0.25) is 0 Å². The molecule has 0 unspecified atom stereocenters. The van der Waals surface area contributed by atoms with Gasteiger partial charge in [0.15, 0.2) is 0 Å². The number of methoxy groups -OCH3 is 1. The lowest BCUT2D eigenvalue weighted by Gasteiger charge is -2.14. The van der Waals surface area contributed by atoms with Crippen LogP contribution in [-0.4, -0.2) is 52.2 Å². The van der Waals surface area contributed by atoms with Gasteiger partial charge in [-0.1, -0.05) is 0 Å². The van der Waals surface area contributed by atoms with Crippen molar-refractivity contribution >= 4 is 0 Å². The maximum Gasteiger partial charge on any atom is 0.146 e. The van der Waals surface area contributed by atoms with E-state index in [1.165, 1.54) is 0 Å². The first kappa shape index (κ1) is 11.8. The number of hydrogen-bond acceptors (Lipinski definition) is 3. The van der Waals surface area contributed by atoms with Gasteiger partial charge < -0.3 is 14.4 Å². The summed E-state index contributed by atoms with van der Waals surface area (Å²) in [7, 11) is 3.54. The molecule has 0 heterocycles. The fourth-order valence-corrected chi connectivity index (χ4v) is 0.804. The standard InChI is InChI=1S/C8H18FNO2/c1-10(5-3-4-9)6-7-12-8-11-2/h3-8H2,1-2H3. The quantitative estimate of drug-likeness (QED) is 0.408. The Morgan fingerprint density at radius 1 is 1.33 bits per heavy atom. The van der Waals surface area contributed by atoms with E-state index >= 15 is 0 Å². The summed E-state index contributed by atoms with van der Waals surface area (Å²) in [5.41, 5.74) is 0. The highest BCUT2D eigenvalue weighted by molar-refractivity contribution is 4.49. The molecule has 0 N–H and O–H groups in total. The number of hydrogen-bond donors (Lipinski definition) is 0. The number of rotatable bonds is 8. The molecule has 0 aliphatic rings. The summed E-state index contributed by atoms with van der Waals surface area (Å²) >= 11 is 0. The smallest absolute Gasteiger partial charge is 0.146 e. The van der Waals surface area contributed by atoms with Crippen molar-refractivity contribution in [2.45, 2.75) is 6.42 Å². The second kappa shape index (κ2) is 8.90. The lowest BCUT2D eigenvalue weighted by molar-refractivity contribution is -0.0351. The van der Waals surface area contributed by atoms with Crippen molar-refractivity contribution in [3.05, 3.63) is 0 Å². The summed E-state index contributed by atoms with van der Waals surface area (Å²) in [5, 5.41) is 0. The van der Waals surface area contributed by atoms with Crippen molar-refractivity contribution in [2.75, 3.05) is 47.3 Å². The summed E-state index contributed by atoms with van der Waals surface area (Å²) in [4.78, 5) is 2.04. The second-order valence-corrected chi connectivity index (χ2v) is 2.66. The van der Waals surface area contributed by atoms with Crippen LogP contribution in [0.3, 0.4) is 0 Å². The van der Waals surface area contributed by atoms with Crippen LogP contribution in [0.4, 0.5) is 4.39 Å². The van der Waals surface area contributed by atoms with E-state index in [9.17, 15) is 4.39 Å². The molecule has 74 valence electrons. The minimum atomic E-state index is -0.247. The summed E-state index contributed by atoms with van der Waals surface area (Å²) in [5.74, 6) is 0. The second-order valence-electron chi connectivity index (χ2n) is 2.66. The molecule has 0 aliphatic carbocycles. The van der Waals surface area contributed by atoms with Gasteiger partial charge in [-0.05, 0) is 13.5 Å². The highest BCUT2D eigenvalue weighted by Gasteiger charge is 1.96. The zero-order valence-corrected chi connectivity index (χ0v) is 7.88. The molecule has 0 spiro atoms. The third kappa shape index (κ3) is 7.91. The van der Waals surface area contributed by atoms with E-state index in [4.69, 9.17) is 9.47 Å². The molecule has 0 radical (unpaired) electrons. The Hall–Kier alpha value is -0.190. The third-order valence-corrected chi connectivity index (χ3v) is 1.49. The van der Waals surface area contributed by atoms with Crippen molar-refractivity contribution < 1.29 is 13.9 Å². The van der Waals surface area contributed by atoms with Crippen LogP contribution in [0.15, 0.2) is 0 Å². The Kier molecular flexibility index (Phi) is 8.76. The van der Waals surface area contributed by atoms with Gasteiger partial charge in [0.1, 0.15) is 6.79 Å². The van der Waals surface area contributed by atoms with Gasteiger partial charge in [0.05, 0.1) is 13.3 Å². The van der Waals surface area contributed by atoms with Crippen LogP contribution in [0.1, 0.15) is 6.42 Å². The van der Waals surface area contributed by atoms with Gasteiger partial charge in [-0.2, -0.15) is 0 Å². The van der Waals surface area contributed by atoms with Gasteiger partial charge in [-0.25, -0.2) is 0 Å². The van der Waals surface area contributed by atoms with Gasteiger partial charge in [0, 0.05) is 20.2 Å². The average molecular weight is 179 g/mol. The van der Waals surface area contributed by atoms with E-state index in [0.29, 0.717) is 19.8 Å². The average Bonchev–Trinajstić information content (AvgIpc) is 2.09. The van der Waals surface area contributed by atoms with E-state index < -0.39 is 0 Å². The van der Waals surface area contributed by atoms with E-state index in [1.54, 1.807) is 7.11 Å². The number of ether oxygens (including phenoxy) is 2. The molecule has 3 nitrogen and oxygen atoms in total. The Labute approximate surface area is 73.4 Å². The van der Waals surface area contributed by atoms with Crippen molar-refractivity contribution in [1.82, 2.24) is 4.90 Å². The molecule has 0 aromatic carbocycles. The number of likely N-dealkylation sites (N-methyl/N-ethyl adjacent to an activating group) is 1. The first-order chi connectivity index (χ1) is 5.81. The molecule has 0 aromatic heterocycles. The van der Waals surface area contributed by atoms with Crippen molar-refractivity contribution in [2.24, 2.45) is 0 Å². The molecule has 0 saturated heterocycles. The van der Waals surface area contributed by atoms with Gasteiger partial charge in [-0.3, -0.25) is 4.39 Å². The lowest BCUT2D eigenvalue weighted by atomic mass is 10.4. The summed E-state index contributed by atoms with van der Waals surface area (Å²) in [6, 6.07) is 0. The zero-order chi connectivity index (χ0) is 9.23. The largest absolute Gasteiger partial charge is 0.359 e. The SMILES string of the molecule is COCOCCN(C)CCCF. The molecule has 0 atom stereocenters. The molecule has 12 heavy (non-hydrogen) atoms. The Balaban J connectivity index is 3.02. The Morgan fingerprint density at radius 3 is 2.67 bits per heavy atom. The van der Waals surface area contributed by atoms with Gasteiger partial charge in [-0.15, -0.1) is 0 Å². The van der Waals surface area contributed by atoms with Crippen molar-refractivity contribution in [1.29, 1.82) is 0 Å².